The highest BCUT2D eigenvalue weighted by atomic mass is 16.4. The van der Waals surface area contributed by atoms with Crippen LogP contribution >= 0.6 is 0 Å². The van der Waals surface area contributed by atoms with Gasteiger partial charge in [0, 0.05) is 0 Å². The van der Waals surface area contributed by atoms with Gasteiger partial charge in [-0.15, -0.1) is 0 Å². The summed E-state index contributed by atoms with van der Waals surface area (Å²) in [6.45, 7) is 11.4. The number of carbonyl (C=O) groups is 3. The molecule has 0 rings (SSSR count). The van der Waals surface area contributed by atoms with Gasteiger partial charge in [-0.25, -0.2) is 4.79 Å². The number of nitrogens with two attached hydrogens (primary N) is 2. The van der Waals surface area contributed by atoms with Crippen molar-refractivity contribution in [2.24, 2.45) is 34.1 Å². The van der Waals surface area contributed by atoms with Gasteiger partial charge in [-0.2, -0.15) is 0 Å². The molecule has 0 aromatic carbocycles. The number of hydrogen-bond donors (Lipinski definition) is 4. The van der Waals surface area contributed by atoms with Crippen LogP contribution < -0.4 is 11.5 Å². The van der Waals surface area contributed by atoms with Gasteiger partial charge in [0.2, 0.25) is 0 Å². The van der Waals surface area contributed by atoms with E-state index in [1.54, 1.807) is 0 Å². The number of carbonyl (C=O) groups excluding carboxylic acids is 1. The fourth-order valence-electron chi connectivity index (χ4n) is 2.12. The van der Waals surface area contributed by atoms with Gasteiger partial charge < -0.3 is 21.7 Å². The molecular formula is C15H30N2O5. The van der Waals surface area contributed by atoms with Crippen molar-refractivity contribution in [2.75, 3.05) is 0 Å². The van der Waals surface area contributed by atoms with Crippen LogP contribution in [0, 0.1) is 22.7 Å². The molecule has 0 bridgehead atoms. The Labute approximate surface area is 132 Å². The molecule has 7 nitrogen and oxygen atoms in total. The molecule has 0 fully saturated rings. The zero-order valence-corrected chi connectivity index (χ0v) is 14.3. The first kappa shape index (κ1) is 22.5. The fourth-order valence-corrected chi connectivity index (χ4v) is 2.12. The van der Waals surface area contributed by atoms with Crippen LogP contribution in [0.3, 0.4) is 0 Å². The van der Waals surface area contributed by atoms with Crippen molar-refractivity contribution < 1.29 is 24.6 Å². The van der Waals surface area contributed by atoms with Crippen LogP contribution in [0.2, 0.25) is 0 Å². The molecule has 0 aromatic rings. The summed E-state index contributed by atoms with van der Waals surface area (Å²) in [5.74, 6) is -3.06. The molecule has 7 heteroatoms. The zero-order chi connectivity index (χ0) is 18.3. The van der Waals surface area contributed by atoms with Gasteiger partial charge in [-0.1, -0.05) is 41.5 Å². The van der Waals surface area contributed by atoms with E-state index in [0.29, 0.717) is 6.42 Å². The van der Waals surface area contributed by atoms with Crippen molar-refractivity contribution in [3.8, 4) is 0 Å². The number of rotatable bonds is 5. The predicted molar refractivity (Wildman–Crippen MR) is 84.2 cm³/mol. The quantitative estimate of drug-likeness (QED) is 0.614. The first-order chi connectivity index (χ1) is 9.58. The Morgan fingerprint density at radius 2 is 1.27 bits per heavy atom. The standard InChI is InChI=1S/C14H26O4.CH4N2O/c1-13(2,3)8-9(11(15)16)7-10(12(17)18)14(4,5)6;2-1(3)4/h9-10H,7-8H2,1-6H3,(H,15,16)(H,17,18);(H4,2,3,4). The molecule has 0 saturated carbocycles. The monoisotopic (exact) mass is 318 g/mol. The molecule has 0 aromatic heterocycles. The average Bonchev–Trinajstić information content (AvgIpc) is 2.18. The van der Waals surface area contributed by atoms with Gasteiger partial charge in [0.1, 0.15) is 0 Å². The average molecular weight is 318 g/mol. The van der Waals surface area contributed by atoms with E-state index in [2.05, 4.69) is 11.5 Å². The Bertz CT molecular complexity index is 390. The molecule has 0 aliphatic carbocycles. The van der Waals surface area contributed by atoms with Crippen molar-refractivity contribution in [1.82, 2.24) is 0 Å². The van der Waals surface area contributed by atoms with Gasteiger partial charge in [0.15, 0.2) is 0 Å². The van der Waals surface area contributed by atoms with E-state index in [0.717, 1.165) is 0 Å². The number of amides is 2. The van der Waals surface area contributed by atoms with E-state index < -0.39 is 35.2 Å². The smallest absolute Gasteiger partial charge is 0.309 e. The molecule has 2 atom stereocenters. The van der Waals surface area contributed by atoms with E-state index in [1.165, 1.54) is 0 Å². The lowest BCUT2D eigenvalue weighted by Gasteiger charge is -2.31. The number of primary amides is 2. The van der Waals surface area contributed by atoms with Crippen LogP contribution in [0.1, 0.15) is 54.4 Å². The van der Waals surface area contributed by atoms with Gasteiger partial charge in [0.05, 0.1) is 11.8 Å². The summed E-state index contributed by atoms with van der Waals surface area (Å²) in [5, 5.41) is 18.5. The highest BCUT2D eigenvalue weighted by Gasteiger charge is 2.36. The van der Waals surface area contributed by atoms with Crippen molar-refractivity contribution >= 4 is 18.0 Å². The van der Waals surface area contributed by atoms with E-state index >= 15 is 0 Å². The molecule has 0 aliphatic rings. The third kappa shape index (κ3) is 12.0. The number of aliphatic carboxylic acids is 2. The molecule has 2 unspecified atom stereocenters. The van der Waals surface area contributed by atoms with Crippen LogP contribution in [0.4, 0.5) is 4.79 Å². The molecule has 6 N–H and O–H groups in total. The molecule has 0 heterocycles. The predicted octanol–water partition coefficient (Wildman–Crippen LogP) is 2.28. The summed E-state index contributed by atoms with van der Waals surface area (Å²) < 4.78 is 0. The third-order valence-corrected chi connectivity index (χ3v) is 3.07. The maximum Gasteiger partial charge on any atom is 0.309 e. The molecule has 22 heavy (non-hydrogen) atoms. The maximum atomic E-state index is 11.3. The van der Waals surface area contributed by atoms with Crippen LogP contribution in [0.5, 0.6) is 0 Å². The lowest BCUT2D eigenvalue weighted by molar-refractivity contribution is -0.149. The minimum atomic E-state index is -0.914. The molecule has 130 valence electrons. The second kappa shape index (κ2) is 8.60. The summed E-state index contributed by atoms with van der Waals surface area (Å²) in [5.41, 5.74) is 7.95. The minimum absolute atomic E-state index is 0.121. The number of urea groups is 1. The number of carboxylic acid groups (broad SMARTS) is 2. The lowest BCUT2D eigenvalue weighted by Crippen LogP contribution is -2.33. The second-order valence-corrected chi connectivity index (χ2v) is 7.69. The zero-order valence-electron chi connectivity index (χ0n) is 14.3. The largest absolute Gasteiger partial charge is 0.481 e. The Kier molecular flexibility index (Phi) is 8.80. The van der Waals surface area contributed by atoms with Gasteiger partial charge in [0.25, 0.3) is 0 Å². The summed E-state index contributed by atoms with van der Waals surface area (Å²) in [6, 6.07) is -0.833. The molecule has 0 spiro atoms. The van der Waals surface area contributed by atoms with Crippen molar-refractivity contribution in [2.45, 2.75) is 54.4 Å². The Hall–Kier alpha value is -1.79. The van der Waals surface area contributed by atoms with E-state index in [9.17, 15) is 19.8 Å². The van der Waals surface area contributed by atoms with Crippen molar-refractivity contribution in [3.63, 3.8) is 0 Å². The van der Waals surface area contributed by atoms with Crippen LogP contribution in [-0.2, 0) is 9.59 Å². The number of carboxylic acids is 2. The van der Waals surface area contributed by atoms with Gasteiger partial charge in [-0.05, 0) is 23.7 Å². The maximum absolute atomic E-state index is 11.3. The summed E-state index contributed by atoms with van der Waals surface area (Å²) >= 11 is 0. The Morgan fingerprint density at radius 1 is 0.909 bits per heavy atom. The second-order valence-electron chi connectivity index (χ2n) is 7.69. The van der Waals surface area contributed by atoms with Crippen LogP contribution in [0.25, 0.3) is 0 Å². The van der Waals surface area contributed by atoms with Crippen molar-refractivity contribution in [3.05, 3.63) is 0 Å². The lowest BCUT2D eigenvalue weighted by atomic mass is 9.73. The highest BCUT2D eigenvalue weighted by Crippen LogP contribution is 2.35. The Balaban J connectivity index is 0. The number of hydrogen-bond acceptors (Lipinski definition) is 3. The molecule has 0 radical (unpaired) electrons. The molecule has 2 amide bonds. The minimum Gasteiger partial charge on any atom is -0.481 e. The summed E-state index contributed by atoms with van der Waals surface area (Å²) in [7, 11) is 0. The molecule has 0 saturated heterocycles. The first-order valence-electron chi connectivity index (χ1n) is 7.08. The fraction of sp³-hybridized carbons (Fsp3) is 0.800. The highest BCUT2D eigenvalue weighted by molar-refractivity contribution is 5.74. The normalized spacial score (nSPS) is 14.3. The van der Waals surface area contributed by atoms with E-state index in [-0.39, 0.29) is 11.8 Å². The SMILES string of the molecule is CC(C)(C)CC(CC(C(=O)O)C(C)(C)C)C(=O)O.NC(N)=O. The topological polar surface area (TPSA) is 144 Å². The first-order valence-corrected chi connectivity index (χ1v) is 7.08. The summed E-state index contributed by atoms with van der Waals surface area (Å²) in [4.78, 5) is 31.5. The van der Waals surface area contributed by atoms with Crippen LogP contribution in [-0.4, -0.2) is 28.2 Å². The summed E-state index contributed by atoms with van der Waals surface area (Å²) in [6.07, 6.45) is 0.674. The van der Waals surface area contributed by atoms with Gasteiger partial charge in [-0.3, -0.25) is 9.59 Å². The van der Waals surface area contributed by atoms with E-state index in [4.69, 9.17) is 4.79 Å². The third-order valence-electron chi connectivity index (χ3n) is 3.07. The van der Waals surface area contributed by atoms with Crippen LogP contribution in [0.15, 0.2) is 0 Å². The molecular weight excluding hydrogens is 288 g/mol. The van der Waals surface area contributed by atoms with Crippen molar-refractivity contribution in [1.29, 1.82) is 0 Å². The molecule has 0 aliphatic heterocycles. The Morgan fingerprint density at radius 3 is 1.45 bits per heavy atom. The van der Waals surface area contributed by atoms with Gasteiger partial charge >= 0.3 is 18.0 Å². The van der Waals surface area contributed by atoms with E-state index in [1.807, 2.05) is 41.5 Å².